The van der Waals surface area contributed by atoms with Crippen molar-refractivity contribution < 1.29 is 9.21 Å². The van der Waals surface area contributed by atoms with Crippen LogP contribution in [0.25, 0.3) is 21.7 Å². The molecule has 0 aliphatic carbocycles. The molecule has 0 fully saturated rings. The van der Waals surface area contributed by atoms with Gasteiger partial charge in [0.2, 0.25) is 0 Å². The maximum atomic E-state index is 12.7. The van der Waals surface area contributed by atoms with Gasteiger partial charge in [-0.15, -0.1) is 0 Å². The van der Waals surface area contributed by atoms with Gasteiger partial charge < -0.3 is 9.73 Å². The Balaban J connectivity index is 1.84. The molecule has 0 saturated carbocycles. The molecule has 1 aromatic heterocycles. The van der Waals surface area contributed by atoms with Gasteiger partial charge in [-0.2, -0.15) is 0 Å². The molecule has 0 bridgehead atoms. The maximum absolute atomic E-state index is 12.7. The highest BCUT2D eigenvalue weighted by molar-refractivity contribution is 6.10. The number of amides is 1. The van der Waals surface area contributed by atoms with Crippen LogP contribution in [0.5, 0.6) is 0 Å². The zero-order valence-electron chi connectivity index (χ0n) is 14.5. The molecule has 0 saturated heterocycles. The zero-order chi connectivity index (χ0) is 18.3. The predicted molar refractivity (Wildman–Crippen MR) is 104 cm³/mol. The molecule has 4 rings (SSSR count). The molecule has 0 spiro atoms. The van der Waals surface area contributed by atoms with Gasteiger partial charge in [0, 0.05) is 11.1 Å². The molecule has 128 valence electrons. The lowest BCUT2D eigenvalue weighted by atomic mass is 10.0. The number of carbonyl (C=O) groups excluding carboxylic acids is 1. The lowest BCUT2D eigenvalue weighted by Crippen LogP contribution is -2.21. The van der Waals surface area contributed by atoms with E-state index in [1.54, 1.807) is 12.1 Å². The van der Waals surface area contributed by atoms with Gasteiger partial charge in [0.25, 0.3) is 5.91 Å². The summed E-state index contributed by atoms with van der Waals surface area (Å²) in [6.45, 7) is 3.86. The largest absolute Gasteiger partial charge is 0.422 e. The average Bonchev–Trinajstić information content (AvgIpc) is 2.64. The van der Waals surface area contributed by atoms with Crippen molar-refractivity contribution in [2.24, 2.45) is 0 Å². The monoisotopic (exact) mass is 343 g/mol. The fraction of sp³-hybridized carbons (Fsp3) is 0.0909. The van der Waals surface area contributed by atoms with Gasteiger partial charge in [-0.25, -0.2) is 4.79 Å². The van der Waals surface area contributed by atoms with Crippen molar-refractivity contribution in [1.82, 2.24) is 0 Å². The van der Waals surface area contributed by atoms with Crippen LogP contribution in [0.1, 0.15) is 21.5 Å². The second-order valence-corrected chi connectivity index (χ2v) is 6.42. The van der Waals surface area contributed by atoms with Crippen molar-refractivity contribution in [3.05, 3.63) is 87.8 Å². The Morgan fingerprint density at radius 3 is 2.58 bits per heavy atom. The summed E-state index contributed by atoms with van der Waals surface area (Å²) >= 11 is 0. The van der Waals surface area contributed by atoms with Crippen LogP contribution in [-0.4, -0.2) is 5.91 Å². The molecule has 0 aliphatic heterocycles. The highest BCUT2D eigenvalue weighted by atomic mass is 16.4. The van der Waals surface area contributed by atoms with E-state index >= 15 is 0 Å². The molecule has 1 heterocycles. The zero-order valence-corrected chi connectivity index (χ0v) is 14.5. The van der Waals surface area contributed by atoms with E-state index < -0.39 is 11.5 Å². The molecular weight excluding hydrogens is 326 g/mol. The molecule has 4 aromatic rings. The van der Waals surface area contributed by atoms with Crippen LogP contribution in [0.15, 0.2) is 69.9 Å². The molecule has 0 atom stereocenters. The summed E-state index contributed by atoms with van der Waals surface area (Å²) in [5.41, 5.74) is 2.47. The molecule has 4 heteroatoms. The quantitative estimate of drug-likeness (QED) is 0.419. The predicted octanol–water partition coefficient (Wildman–Crippen LogP) is 4.82. The molecule has 4 nitrogen and oxygen atoms in total. The van der Waals surface area contributed by atoms with Gasteiger partial charge in [0.1, 0.15) is 11.1 Å². The van der Waals surface area contributed by atoms with Crippen molar-refractivity contribution in [2.45, 2.75) is 13.8 Å². The lowest BCUT2D eigenvalue weighted by Gasteiger charge is -2.10. The number of nitrogens with one attached hydrogen (secondary N) is 1. The van der Waals surface area contributed by atoms with Crippen LogP contribution in [0.2, 0.25) is 0 Å². The number of rotatable bonds is 2. The summed E-state index contributed by atoms with van der Waals surface area (Å²) in [6.07, 6.45) is 0. The first-order valence-corrected chi connectivity index (χ1v) is 8.37. The van der Waals surface area contributed by atoms with Gasteiger partial charge in [-0.05, 0) is 53.9 Å². The summed E-state index contributed by atoms with van der Waals surface area (Å²) in [7, 11) is 0. The summed E-state index contributed by atoms with van der Waals surface area (Å²) in [4.78, 5) is 25.0. The van der Waals surface area contributed by atoms with Crippen LogP contribution in [0.4, 0.5) is 5.69 Å². The first-order valence-electron chi connectivity index (χ1n) is 8.37. The highest BCUT2D eigenvalue weighted by Gasteiger charge is 2.16. The third kappa shape index (κ3) is 2.75. The van der Waals surface area contributed by atoms with Crippen LogP contribution < -0.4 is 10.9 Å². The van der Waals surface area contributed by atoms with E-state index in [1.165, 1.54) is 0 Å². The normalized spacial score (nSPS) is 11.0. The molecule has 1 amide bonds. The molecule has 0 unspecified atom stereocenters. The van der Waals surface area contributed by atoms with Crippen molar-refractivity contribution in [3.8, 4) is 0 Å². The van der Waals surface area contributed by atoms with E-state index in [1.807, 2.05) is 62.4 Å². The third-order valence-electron chi connectivity index (χ3n) is 4.53. The van der Waals surface area contributed by atoms with Crippen LogP contribution >= 0.6 is 0 Å². The van der Waals surface area contributed by atoms with Crippen molar-refractivity contribution in [2.75, 3.05) is 5.32 Å². The minimum atomic E-state index is -0.643. The van der Waals surface area contributed by atoms with Crippen LogP contribution in [-0.2, 0) is 0 Å². The molecule has 0 aliphatic rings. The van der Waals surface area contributed by atoms with Gasteiger partial charge in [0.05, 0.1) is 0 Å². The molecular formula is C22H17NO3. The van der Waals surface area contributed by atoms with Crippen molar-refractivity contribution >= 4 is 33.3 Å². The van der Waals surface area contributed by atoms with Crippen LogP contribution in [0, 0.1) is 13.8 Å². The lowest BCUT2D eigenvalue weighted by molar-refractivity contribution is 0.102. The Kier molecular flexibility index (Phi) is 3.81. The van der Waals surface area contributed by atoms with E-state index in [9.17, 15) is 9.59 Å². The molecule has 26 heavy (non-hydrogen) atoms. The van der Waals surface area contributed by atoms with E-state index in [0.29, 0.717) is 11.3 Å². The number of carbonyl (C=O) groups is 1. The van der Waals surface area contributed by atoms with E-state index in [2.05, 4.69) is 5.32 Å². The van der Waals surface area contributed by atoms with E-state index in [0.717, 1.165) is 27.3 Å². The van der Waals surface area contributed by atoms with Gasteiger partial charge in [0.15, 0.2) is 0 Å². The number of hydrogen-bond donors (Lipinski definition) is 1. The molecule has 3 aromatic carbocycles. The maximum Gasteiger partial charge on any atom is 0.349 e. The Morgan fingerprint density at radius 1 is 0.923 bits per heavy atom. The average molecular weight is 343 g/mol. The highest BCUT2D eigenvalue weighted by Crippen LogP contribution is 2.25. The summed E-state index contributed by atoms with van der Waals surface area (Å²) in [6, 6.07) is 18.9. The Labute approximate surface area is 150 Å². The number of benzene rings is 3. The minimum absolute atomic E-state index is 0.00485. The van der Waals surface area contributed by atoms with Crippen molar-refractivity contribution in [3.63, 3.8) is 0 Å². The third-order valence-corrected chi connectivity index (χ3v) is 4.53. The summed E-state index contributed by atoms with van der Waals surface area (Å²) < 4.78 is 5.40. The number of fused-ring (bicyclic) bond motifs is 3. The van der Waals surface area contributed by atoms with Crippen molar-refractivity contribution in [1.29, 1.82) is 0 Å². The fourth-order valence-electron chi connectivity index (χ4n) is 3.09. The van der Waals surface area contributed by atoms with Gasteiger partial charge in [-0.1, -0.05) is 42.5 Å². The number of aryl methyl sites for hydroxylation is 2. The van der Waals surface area contributed by atoms with E-state index in [-0.39, 0.29) is 5.56 Å². The fourth-order valence-corrected chi connectivity index (χ4v) is 3.09. The Bertz CT molecular complexity index is 1220. The summed E-state index contributed by atoms with van der Waals surface area (Å²) in [5, 5.41) is 5.53. The number of hydrogen-bond acceptors (Lipinski definition) is 3. The second kappa shape index (κ2) is 6.15. The molecule has 0 radical (unpaired) electrons. The second-order valence-electron chi connectivity index (χ2n) is 6.42. The standard InChI is InChI=1S/C22H17NO3/c1-13-7-8-14(2)19(11-13)23-21(24)18-12-17-16-6-4-3-5-15(16)9-10-20(17)26-22(18)25/h3-12H,1-2H3,(H,23,24). The first kappa shape index (κ1) is 16.1. The number of anilines is 1. The topological polar surface area (TPSA) is 59.3 Å². The minimum Gasteiger partial charge on any atom is -0.422 e. The first-order chi connectivity index (χ1) is 12.5. The molecule has 1 N–H and O–H groups in total. The Morgan fingerprint density at radius 2 is 1.73 bits per heavy atom. The SMILES string of the molecule is Cc1ccc(C)c(NC(=O)c2cc3c(ccc4ccccc43)oc2=O)c1. The van der Waals surface area contributed by atoms with Gasteiger partial charge >= 0.3 is 5.63 Å². The van der Waals surface area contributed by atoms with Gasteiger partial charge in [-0.3, -0.25) is 4.79 Å². The van der Waals surface area contributed by atoms with Crippen LogP contribution in [0.3, 0.4) is 0 Å². The van der Waals surface area contributed by atoms with E-state index in [4.69, 9.17) is 4.42 Å². The smallest absolute Gasteiger partial charge is 0.349 e. The Hall–Kier alpha value is -3.40. The summed E-state index contributed by atoms with van der Waals surface area (Å²) in [5.74, 6) is -0.470.